The Morgan fingerprint density at radius 1 is 1.17 bits per heavy atom. The molecule has 29 heavy (non-hydrogen) atoms. The number of piperidine rings is 1. The molecule has 1 aromatic carbocycles. The van der Waals surface area contributed by atoms with Crippen LogP contribution in [0.3, 0.4) is 0 Å². The molecule has 0 spiro atoms. The maximum Gasteiger partial charge on any atom is 0.340 e. The first-order chi connectivity index (χ1) is 13.9. The number of thiophene rings is 1. The van der Waals surface area contributed by atoms with Crippen LogP contribution in [0.2, 0.25) is 5.02 Å². The molecule has 2 aromatic rings. The fourth-order valence-electron chi connectivity index (χ4n) is 2.93. The van der Waals surface area contributed by atoms with Crippen LogP contribution in [0.4, 0.5) is 0 Å². The normalized spacial score (nSPS) is 15.1. The molecule has 1 aliphatic heterocycles. The Labute approximate surface area is 178 Å². The average molecular weight is 457 g/mol. The molecule has 1 N–H and O–H groups in total. The van der Waals surface area contributed by atoms with Gasteiger partial charge >= 0.3 is 5.97 Å². The van der Waals surface area contributed by atoms with Crippen LogP contribution in [-0.2, 0) is 26.1 Å². The molecule has 0 atom stereocenters. The summed E-state index contributed by atoms with van der Waals surface area (Å²) in [5.41, 5.74) is -0.0872. The van der Waals surface area contributed by atoms with Crippen molar-refractivity contribution >= 4 is 44.8 Å². The van der Waals surface area contributed by atoms with Crippen molar-refractivity contribution in [2.45, 2.75) is 30.7 Å². The van der Waals surface area contributed by atoms with Crippen LogP contribution in [0, 0.1) is 0 Å². The van der Waals surface area contributed by atoms with E-state index in [1.165, 1.54) is 33.8 Å². The molecule has 1 amide bonds. The van der Waals surface area contributed by atoms with Crippen molar-refractivity contribution in [2.24, 2.45) is 0 Å². The summed E-state index contributed by atoms with van der Waals surface area (Å²) in [7, 11) is -3.71. The second-order valence-corrected chi connectivity index (χ2v) is 9.92. The Morgan fingerprint density at radius 3 is 2.62 bits per heavy atom. The van der Waals surface area contributed by atoms with Crippen LogP contribution in [0.1, 0.15) is 34.5 Å². The van der Waals surface area contributed by atoms with Crippen molar-refractivity contribution in [1.29, 1.82) is 0 Å². The van der Waals surface area contributed by atoms with Gasteiger partial charge in [0, 0.05) is 18.0 Å². The average Bonchev–Trinajstić information content (AvgIpc) is 3.25. The summed E-state index contributed by atoms with van der Waals surface area (Å²) in [6.45, 7) is 0.770. The number of carbonyl (C=O) groups is 2. The van der Waals surface area contributed by atoms with Gasteiger partial charge in [0.25, 0.3) is 5.91 Å². The quantitative estimate of drug-likeness (QED) is 0.646. The lowest BCUT2D eigenvalue weighted by molar-refractivity contribution is -0.124. The third kappa shape index (κ3) is 5.57. The zero-order chi connectivity index (χ0) is 20.9. The van der Waals surface area contributed by atoms with E-state index in [0.717, 1.165) is 24.1 Å². The molecular formula is C19H21ClN2O5S2. The van der Waals surface area contributed by atoms with Gasteiger partial charge in [0.1, 0.15) is 0 Å². The second-order valence-electron chi connectivity index (χ2n) is 6.54. The lowest BCUT2D eigenvalue weighted by Gasteiger charge is -2.26. The van der Waals surface area contributed by atoms with Crippen LogP contribution in [-0.4, -0.2) is 44.3 Å². The van der Waals surface area contributed by atoms with Gasteiger partial charge in [-0.3, -0.25) is 4.79 Å². The van der Waals surface area contributed by atoms with E-state index < -0.39 is 28.5 Å². The number of esters is 1. The highest BCUT2D eigenvalue weighted by molar-refractivity contribution is 7.89. The van der Waals surface area contributed by atoms with Gasteiger partial charge in [-0.2, -0.15) is 4.31 Å². The predicted molar refractivity (Wildman–Crippen MR) is 111 cm³/mol. The number of nitrogens with one attached hydrogen (secondary N) is 1. The summed E-state index contributed by atoms with van der Waals surface area (Å²) in [4.78, 5) is 25.2. The fourth-order valence-corrected chi connectivity index (χ4v) is 5.32. The first kappa shape index (κ1) is 21.8. The lowest BCUT2D eigenvalue weighted by atomic mass is 10.2. The van der Waals surface area contributed by atoms with Crippen molar-refractivity contribution in [3.05, 3.63) is 51.2 Å². The fraction of sp³-hybridized carbons (Fsp3) is 0.368. The number of sulfonamides is 1. The molecule has 1 aliphatic rings. The number of halogens is 1. The number of hydrogen-bond donors (Lipinski definition) is 1. The molecule has 2 heterocycles. The molecule has 0 saturated carbocycles. The third-order valence-corrected chi connectivity index (χ3v) is 7.59. The van der Waals surface area contributed by atoms with Crippen LogP contribution in [0.15, 0.2) is 40.6 Å². The summed E-state index contributed by atoms with van der Waals surface area (Å²) in [6, 6.07) is 7.69. The third-order valence-electron chi connectivity index (χ3n) is 4.48. The Morgan fingerprint density at radius 2 is 1.93 bits per heavy atom. The van der Waals surface area contributed by atoms with Crippen molar-refractivity contribution in [3.63, 3.8) is 0 Å². The summed E-state index contributed by atoms with van der Waals surface area (Å²) in [5, 5.41) is 4.60. The lowest BCUT2D eigenvalue weighted by Crippen LogP contribution is -2.35. The highest BCUT2D eigenvalue weighted by Crippen LogP contribution is 2.25. The molecule has 0 unspecified atom stereocenters. The number of carbonyl (C=O) groups excluding carboxylic acids is 2. The van der Waals surface area contributed by atoms with Gasteiger partial charge in [-0.25, -0.2) is 13.2 Å². The number of benzene rings is 1. The van der Waals surface area contributed by atoms with Crippen LogP contribution in [0.5, 0.6) is 0 Å². The van der Waals surface area contributed by atoms with E-state index in [2.05, 4.69) is 5.32 Å². The van der Waals surface area contributed by atoms with Gasteiger partial charge < -0.3 is 10.1 Å². The summed E-state index contributed by atoms with van der Waals surface area (Å²) in [6.07, 6.45) is 2.61. The van der Waals surface area contributed by atoms with E-state index in [1.54, 1.807) is 0 Å². The van der Waals surface area contributed by atoms with Crippen LogP contribution >= 0.6 is 22.9 Å². The van der Waals surface area contributed by atoms with E-state index in [0.29, 0.717) is 19.6 Å². The Kier molecular flexibility index (Phi) is 7.28. The first-order valence-corrected chi connectivity index (χ1v) is 11.8. The molecule has 0 bridgehead atoms. The zero-order valence-corrected chi connectivity index (χ0v) is 18.0. The first-order valence-electron chi connectivity index (χ1n) is 9.14. The van der Waals surface area contributed by atoms with Crippen LogP contribution in [0.25, 0.3) is 0 Å². The summed E-state index contributed by atoms with van der Waals surface area (Å²) >= 11 is 7.57. The minimum Gasteiger partial charge on any atom is -0.452 e. The number of rotatable bonds is 7. The molecule has 1 aromatic heterocycles. The largest absolute Gasteiger partial charge is 0.452 e. The topological polar surface area (TPSA) is 92.8 Å². The zero-order valence-electron chi connectivity index (χ0n) is 15.6. The highest BCUT2D eigenvalue weighted by atomic mass is 35.5. The van der Waals surface area contributed by atoms with E-state index >= 15 is 0 Å². The van der Waals surface area contributed by atoms with Crippen LogP contribution < -0.4 is 5.32 Å². The Bertz CT molecular complexity index is 970. The number of ether oxygens (including phenoxy) is 1. The van der Waals surface area contributed by atoms with E-state index in [9.17, 15) is 18.0 Å². The molecule has 156 valence electrons. The summed E-state index contributed by atoms with van der Waals surface area (Å²) < 4.78 is 32.0. The maximum atomic E-state index is 12.8. The predicted octanol–water partition coefficient (Wildman–Crippen LogP) is 3.05. The number of amides is 1. The monoisotopic (exact) mass is 456 g/mol. The van der Waals surface area contributed by atoms with Gasteiger partial charge in [-0.05, 0) is 42.5 Å². The maximum absolute atomic E-state index is 12.8. The van der Waals surface area contributed by atoms with Crippen molar-refractivity contribution < 1.29 is 22.7 Å². The van der Waals surface area contributed by atoms with E-state index in [1.807, 2.05) is 17.5 Å². The molecule has 0 radical (unpaired) electrons. The number of nitrogens with zero attached hydrogens (tertiary/aromatic N) is 1. The molecule has 3 rings (SSSR count). The molecular weight excluding hydrogens is 436 g/mol. The van der Waals surface area contributed by atoms with Gasteiger partial charge in [0.05, 0.1) is 22.0 Å². The van der Waals surface area contributed by atoms with Crippen molar-refractivity contribution in [2.75, 3.05) is 19.7 Å². The SMILES string of the molecule is O=C(COC(=O)c1cc(S(=O)(=O)N2CCCCC2)ccc1Cl)NCc1cccs1. The number of hydrogen-bond acceptors (Lipinski definition) is 6. The smallest absolute Gasteiger partial charge is 0.340 e. The second kappa shape index (κ2) is 9.71. The molecule has 7 nitrogen and oxygen atoms in total. The molecule has 0 aliphatic carbocycles. The molecule has 1 saturated heterocycles. The molecule has 10 heteroatoms. The van der Waals surface area contributed by atoms with E-state index in [4.69, 9.17) is 16.3 Å². The minimum absolute atomic E-state index is 0.0158. The van der Waals surface area contributed by atoms with Crippen molar-refractivity contribution in [3.8, 4) is 0 Å². The minimum atomic E-state index is -3.71. The van der Waals surface area contributed by atoms with Gasteiger partial charge in [-0.1, -0.05) is 24.1 Å². The van der Waals surface area contributed by atoms with E-state index in [-0.39, 0.29) is 15.5 Å². The van der Waals surface area contributed by atoms with Gasteiger partial charge in [0.2, 0.25) is 10.0 Å². The van der Waals surface area contributed by atoms with Crippen molar-refractivity contribution in [1.82, 2.24) is 9.62 Å². The standard InChI is InChI=1S/C19H21ClN2O5S2/c20-17-7-6-15(29(25,26)22-8-2-1-3-9-22)11-16(17)19(24)27-13-18(23)21-12-14-5-4-10-28-14/h4-7,10-11H,1-3,8-9,12-13H2,(H,21,23). The Hall–Kier alpha value is -1.94. The highest BCUT2D eigenvalue weighted by Gasteiger charge is 2.27. The van der Waals surface area contributed by atoms with Gasteiger partial charge in [-0.15, -0.1) is 11.3 Å². The van der Waals surface area contributed by atoms with Gasteiger partial charge in [0.15, 0.2) is 6.61 Å². The summed E-state index contributed by atoms with van der Waals surface area (Å²) in [5.74, 6) is -1.31. The Balaban J connectivity index is 1.64. The molecule has 1 fully saturated rings.